The molecule has 1 aromatic carbocycles. The van der Waals surface area contributed by atoms with Gasteiger partial charge < -0.3 is 14.5 Å². The molecule has 25 heavy (non-hydrogen) atoms. The quantitative estimate of drug-likeness (QED) is 0.662. The van der Waals surface area contributed by atoms with Crippen LogP contribution in [0.15, 0.2) is 30.5 Å². The van der Waals surface area contributed by atoms with Gasteiger partial charge >= 0.3 is 11.9 Å². The summed E-state index contributed by atoms with van der Waals surface area (Å²) in [6.07, 6.45) is 7.40. The number of benzene rings is 1. The normalized spacial score (nSPS) is 16.8. The molecular formula is C20H25NO4. The second-order valence-electron chi connectivity index (χ2n) is 6.74. The Morgan fingerprint density at radius 1 is 1.04 bits per heavy atom. The first kappa shape index (κ1) is 17.5. The predicted molar refractivity (Wildman–Crippen MR) is 95.1 cm³/mol. The molecule has 1 saturated carbocycles. The summed E-state index contributed by atoms with van der Waals surface area (Å²) in [7, 11) is 2.65. The number of hydrogen-bond acceptors (Lipinski definition) is 4. The molecule has 1 aromatic heterocycles. The van der Waals surface area contributed by atoms with E-state index in [1.54, 1.807) is 0 Å². The van der Waals surface area contributed by atoms with Crippen LogP contribution in [0.4, 0.5) is 0 Å². The average Bonchev–Trinajstić information content (AvgIpc) is 3.09. The van der Waals surface area contributed by atoms with Gasteiger partial charge in [0, 0.05) is 23.0 Å². The zero-order chi connectivity index (χ0) is 17.8. The number of aromatic amines is 1. The molecule has 1 fully saturated rings. The number of esters is 2. The molecule has 0 radical (unpaired) electrons. The summed E-state index contributed by atoms with van der Waals surface area (Å²) in [6.45, 7) is 0. The third-order valence-corrected chi connectivity index (χ3v) is 5.41. The minimum Gasteiger partial charge on any atom is -0.468 e. The first-order valence-electron chi connectivity index (χ1n) is 8.89. The zero-order valence-corrected chi connectivity index (χ0v) is 14.8. The fourth-order valence-corrected chi connectivity index (χ4v) is 4.21. The van der Waals surface area contributed by atoms with E-state index in [2.05, 4.69) is 4.98 Å². The van der Waals surface area contributed by atoms with E-state index in [1.807, 2.05) is 30.5 Å². The predicted octanol–water partition coefficient (Wildman–Crippen LogP) is 3.79. The highest BCUT2D eigenvalue weighted by Crippen LogP contribution is 2.43. The molecular weight excluding hydrogens is 318 g/mol. The van der Waals surface area contributed by atoms with Crippen molar-refractivity contribution in [1.29, 1.82) is 0 Å². The number of fused-ring (bicyclic) bond motifs is 1. The second-order valence-corrected chi connectivity index (χ2v) is 6.74. The summed E-state index contributed by atoms with van der Waals surface area (Å²) in [4.78, 5) is 28.3. The van der Waals surface area contributed by atoms with E-state index in [1.165, 1.54) is 20.6 Å². The van der Waals surface area contributed by atoms with Gasteiger partial charge in [-0.2, -0.15) is 0 Å². The maximum absolute atomic E-state index is 12.5. The Morgan fingerprint density at radius 3 is 2.32 bits per heavy atom. The van der Waals surface area contributed by atoms with Crippen LogP contribution in [0, 0.1) is 11.8 Å². The Labute approximate surface area is 147 Å². The number of aromatic nitrogens is 1. The van der Waals surface area contributed by atoms with Crippen LogP contribution >= 0.6 is 0 Å². The van der Waals surface area contributed by atoms with Crippen LogP contribution in [-0.2, 0) is 19.1 Å². The van der Waals surface area contributed by atoms with Crippen LogP contribution < -0.4 is 0 Å². The van der Waals surface area contributed by atoms with Crippen molar-refractivity contribution in [2.24, 2.45) is 11.8 Å². The Balaban J connectivity index is 2.10. The van der Waals surface area contributed by atoms with Crippen LogP contribution in [0.3, 0.4) is 0 Å². The highest BCUT2D eigenvalue weighted by atomic mass is 16.5. The van der Waals surface area contributed by atoms with E-state index >= 15 is 0 Å². The van der Waals surface area contributed by atoms with E-state index in [0.29, 0.717) is 0 Å². The van der Waals surface area contributed by atoms with E-state index in [4.69, 9.17) is 9.47 Å². The van der Waals surface area contributed by atoms with Crippen molar-refractivity contribution in [3.63, 3.8) is 0 Å². The number of para-hydroxylation sites is 1. The summed E-state index contributed by atoms with van der Waals surface area (Å²) < 4.78 is 9.93. The average molecular weight is 343 g/mol. The van der Waals surface area contributed by atoms with Crippen molar-refractivity contribution >= 4 is 22.8 Å². The van der Waals surface area contributed by atoms with Crippen molar-refractivity contribution in [1.82, 2.24) is 4.98 Å². The summed E-state index contributed by atoms with van der Waals surface area (Å²) in [5, 5.41) is 1.05. The van der Waals surface area contributed by atoms with E-state index in [9.17, 15) is 9.59 Å². The van der Waals surface area contributed by atoms with E-state index < -0.39 is 17.9 Å². The molecule has 0 aliphatic heterocycles. The summed E-state index contributed by atoms with van der Waals surface area (Å²) >= 11 is 0. The standard InChI is InChI=1S/C20H25NO4/c1-24-19(22)18(20(23)25-2)17(13-8-4-3-5-9-13)15-12-21-16-11-7-6-10-14(15)16/h6-7,10-13,17-18,21H,3-5,8-9H2,1-2H3/t17-/m0/s1. The lowest BCUT2D eigenvalue weighted by Crippen LogP contribution is -2.36. The molecule has 0 bridgehead atoms. The number of hydrogen-bond donors (Lipinski definition) is 1. The maximum atomic E-state index is 12.5. The minimum atomic E-state index is -0.933. The second kappa shape index (κ2) is 7.72. The number of carbonyl (C=O) groups excluding carboxylic acids is 2. The van der Waals surface area contributed by atoms with Gasteiger partial charge in [0.15, 0.2) is 5.92 Å². The number of H-pyrrole nitrogens is 1. The largest absolute Gasteiger partial charge is 0.468 e. The topological polar surface area (TPSA) is 68.4 Å². The molecule has 3 rings (SSSR count). The van der Waals surface area contributed by atoms with E-state index in [-0.39, 0.29) is 11.8 Å². The van der Waals surface area contributed by atoms with Crippen molar-refractivity contribution in [3.8, 4) is 0 Å². The van der Waals surface area contributed by atoms with Gasteiger partial charge in [-0.3, -0.25) is 9.59 Å². The summed E-state index contributed by atoms with van der Waals surface area (Å²) in [5.74, 6) is -1.95. The summed E-state index contributed by atoms with van der Waals surface area (Å²) in [5.41, 5.74) is 2.01. The third kappa shape index (κ3) is 3.41. The van der Waals surface area contributed by atoms with Gasteiger partial charge in [0.25, 0.3) is 0 Å². The zero-order valence-electron chi connectivity index (χ0n) is 14.8. The molecule has 134 valence electrons. The molecule has 5 nitrogen and oxygen atoms in total. The number of ether oxygens (including phenoxy) is 2. The molecule has 0 spiro atoms. The molecule has 1 atom stereocenters. The van der Waals surface area contributed by atoms with Crippen LogP contribution in [0.2, 0.25) is 0 Å². The van der Waals surface area contributed by atoms with Gasteiger partial charge in [-0.1, -0.05) is 37.5 Å². The molecule has 1 aliphatic rings. The van der Waals surface area contributed by atoms with Gasteiger partial charge in [0.2, 0.25) is 0 Å². The Kier molecular flexibility index (Phi) is 5.41. The SMILES string of the molecule is COC(=O)C(C(=O)OC)[C@H](c1c[nH]c2ccccc12)C1CCCCC1. The van der Waals surface area contributed by atoms with Crippen LogP contribution in [0.5, 0.6) is 0 Å². The minimum absolute atomic E-state index is 0.239. The van der Waals surface area contributed by atoms with Gasteiger partial charge in [-0.25, -0.2) is 0 Å². The van der Waals surface area contributed by atoms with Gasteiger partial charge in [-0.15, -0.1) is 0 Å². The van der Waals surface area contributed by atoms with Gasteiger partial charge in [0.1, 0.15) is 0 Å². The van der Waals surface area contributed by atoms with Crippen LogP contribution in [0.1, 0.15) is 43.6 Å². The molecule has 1 heterocycles. The summed E-state index contributed by atoms with van der Waals surface area (Å²) in [6, 6.07) is 7.98. The Hall–Kier alpha value is -2.30. The first-order chi connectivity index (χ1) is 12.2. The number of methoxy groups -OCH3 is 2. The number of nitrogens with one attached hydrogen (secondary N) is 1. The Morgan fingerprint density at radius 2 is 1.68 bits per heavy atom. The van der Waals surface area contributed by atoms with Crippen molar-refractivity contribution < 1.29 is 19.1 Å². The van der Waals surface area contributed by atoms with Crippen LogP contribution in [0.25, 0.3) is 10.9 Å². The number of carbonyl (C=O) groups is 2. The molecule has 0 amide bonds. The molecule has 1 aliphatic carbocycles. The van der Waals surface area contributed by atoms with E-state index in [0.717, 1.165) is 42.1 Å². The number of rotatable bonds is 5. The Bertz CT molecular complexity index is 729. The smallest absolute Gasteiger partial charge is 0.320 e. The lowest BCUT2D eigenvalue weighted by Gasteiger charge is -2.33. The third-order valence-electron chi connectivity index (χ3n) is 5.41. The highest BCUT2D eigenvalue weighted by molar-refractivity contribution is 5.97. The van der Waals surface area contributed by atoms with Gasteiger partial charge in [-0.05, 0) is 30.4 Å². The van der Waals surface area contributed by atoms with Crippen LogP contribution in [-0.4, -0.2) is 31.1 Å². The molecule has 5 heteroatoms. The molecule has 1 N–H and O–H groups in total. The molecule has 2 aromatic rings. The highest BCUT2D eigenvalue weighted by Gasteiger charge is 2.43. The lowest BCUT2D eigenvalue weighted by atomic mass is 9.70. The lowest BCUT2D eigenvalue weighted by molar-refractivity contribution is -0.161. The van der Waals surface area contributed by atoms with Crippen molar-refractivity contribution in [3.05, 3.63) is 36.0 Å². The fourth-order valence-electron chi connectivity index (χ4n) is 4.21. The fraction of sp³-hybridized carbons (Fsp3) is 0.500. The van der Waals surface area contributed by atoms with Crippen molar-refractivity contribution in [2.75, 3.05) is 14.2 Å². The monoisotopic (exact) mass is 343 g/mol. The van der Waals surface area contributed by atoms with Crippen molar-refractivity contribution in [2.45, 2.75) is 38.0 Å². The van der Waals surface area contributed by atoms with Gasteiger partial charge in [0.05, 0.1) is 14.2 Å². The first-order valence-corrected chi connectivity index (χ1v) is 8.89. The molecule has 0 unspecified atom stereocenters. The molecule has 0 saturated heterocycles. The maximum Gasteiger partial charge on any atom is 0.320 e.